The fourth-order valence-corrected chi connectivity index (χ4v) is 2.90. The average molecular weight is 314 g/mol. The fourth-order valence-electron chi connectivity index (χ4n) is 2.90. The second-order valence-corrected chi connectivity index (χ2v) is 6.11. The molecule has 1 aliphatic heterocycles. The molecular weight excluding hydrogens is 288 g/mol. The number of carbonyl (C=O) groups is 2. The summed E-state index contributed by atoms with van der Waals surface area (Å²) in [6, 6.07) is 5.27. The molecule has 1 aromatic rings. The number of allylic oxidation sites excluding steroid dienone is 1. The van der Waals surface area contributed by atoms with Crippen LogP contribution in [0.15, 0.2) is 24.3 Å². The Labute approximate surface area is 138 Å². The third-order valence-corrected chi connectivity index (χ3v) is 4.23. The van der Waals surface area contributed by atoms with E-state index in [0.717, 1.165) is 12.0 Å². The van der Waals surface area contributed by atoms with Crippen molar-refractivity contribution in [3.63, 3.8) is 0 Å². The Bertz CT molecular complexity index is 572. The van der Waals surface area contributed by atoms with Crippen LogP contribution in [-0.2, 0) is 4.74 Å². The lowest BCUT2D eigenvalue weighted by Crippen LogP contribution is -1.98. The molecule has 0 spiro atoms. The van der Waals surface area contributed by atoms with Crippen molar-refractivity contribution in [3.05, 3.63) is 41.0 Å². The molecule has 0 N–H and O–H groups in total. The van der Waals surface area contributed by atoms with Gasteiger partial charge in [0.25, 0.3) is 0 Å². The van der Waals surface area contributed by atoms with Crippen LogP contribution in [0.4, 0.5) is 0 Å². The molecule has 0 radical (unpaired) electrons. The first-order chi connectivity index (χ1) is 11.2. The van der Waals surface area contributed by atoms with Gasteiger partial charge in [-0.25, -0.2) is 9.59 Å². The number of fused-ring (bicyclic) bond motifs is 1. The number of esters is 2. The SMILES string of the molecule is CCCCCCCCCCC=Cc1cccc2c1C(=O)OC2=O. The van der Waals surface area contributed by atoms with Crippen molar-refractivity contribution in [2.24, 2.45) is 0 Å². The summed E-state index contributed by atoms with van der Waals surface area (Å²) >= 11 is 0. The van der Waals surface area contributed by atoms with Crippen molar-refractivity contribution in [1.29, 1.82) is 0 Å². The first kappa shape index (κ1) is 17.5. The number of cyclic esters (lactones) is 2. The molecule has 1 aromatic carbocycles. The van der Waals surface area contributed by atoms with Gasteiger partial charge in [0.15, 0.2) is 0 Å². The van der Waals surface area contributed by atoms with E-state index in [1.165, 1.54) is 51.4 Å². The van der Waals surface area contributed by atoms with Crippen LogP contribution in [0.3, 0.4) is 0 Å². The molecule has 0 aliphatic carbocycles. The van der Waals surface area contributed by atoms with Crippen LogP contribution < -0.4 is 0 Å². The van der Waals surface area contributed by atoms with Gasteiger partial charge in [0.1, 0.15) is 0 Å². The van der Waals surface area contributed by atoms with E-state index in [-0.39, 0.29) is 0 Å². The second kappa shape index (κ2) is 9.29. The summed E-state index contributed by atoms with van der Waals surface area (Å²) in [5, 5.41) is 0. The Hall–Kier alpha value is -1.90. The Balaban J connectivity index is 1.71. The van der Waals surface area contributed by atoms with E-state index in [0.29, 0.717) is 11.1 Å². The predicted octanol–water partition coefficient (Wildman–Crippen LogP) is 5.54. The Morgan fingerprint density at radius 1 is 0.913 bits per heavy atom. The van der Waals surface area contributed by atoms with Crippen LogP contribution in [0.5, 0.6) is 0 Å². The van der Waals surface area contributed by atoms with E-state index in [2.05, 4.69) is 17.7 Å². The van der Waals surface area contributed by atoms with Crippen molar-refractivity contribution < 1.29 is 14.3 Å². The average Bonchev–Trinajstić information content (AvgIpc) is 2.84. The van der Waals surface area contributed by atoms with Crippen molar-refractivity contribution in [1.82, 2.24) is 0 Å². The summed E-state index contributed by atoms with van der Waals surface area (Å²) in [4.78, 5) is 23.2. The van der Waals surface area contributed by atoms with Crippen LogP contribution in [0.25, 0.3) is 6.08 Å². The van der Waals surface area contributed by atoms with Gasteiger partial charge in [-0.3, -0.25) is 0 Å². The van der Waals surface area contributed by atoms with Gasteiger partial charge in [-0.1, -0.05) is 76.2 Å². The molecule has 0 fully saturated rings. The van der Waals surface area contributed by atoms with Gasteiger partial charge < -0.3 is 4.74 Å². The summed E-state index contributed by atoms with van der Waals surface area (Å²) in [6.07, 6.45) is 15.5. The number of hydrogen-bond donors (Lipinski definition) is 0. The molecule has 1 heterocycles. The fraction of sp³-hybridized carbons (Fsp3) is 0.500. The minimum Gasteiger partial charge on any atom is -0.386 e. The molecule has 3 nitrogen and oxygen atoms in total. The number of ether oxygens (including phenoxy) is 1. The van der Waals surface area contributed by atoms with Crippen LogP contribution in [0, 0.1) is 0 Å². The zero-order valence-corrected chi connectivity index (χ0v) is 14.0. The van der Waals surface area contributed by atoms with Crippen LogP contribution in [0.2, 0.25) is 0 Å². The number of hydrogen-bond acceptors (Lipinski definition) is 3. The van der Waals surface area contributed by atoms with Crippen molar-refractivity contribution in [3.8, 4) is 0 Å². The molecule has 0 unspecified atom stereocenters. The Morgan fingerprint density at radius 2 is 1.61 bits per heavy atom. The third-order valence-electron chi connectivity index (χ3n) is 4.23. The number of benzene rings is 1. The van der Waals surface area contributed by atoms with Crippen molar-refractivity contribution in [2.45, 2.75) is 64.7 Å². The molecule has 23 heavy (non-hydrogen) atoms. The summed E-state index contributed by atoms with van der Waals surface area (Å²) in [5.74, 6) is -1.07. The van der Waals surface area contributed by atoms with E-state index in [1.54, 1.807) is 12.1 Å². The quantitative estimate of drug-likeness (QED) is 0.323. The number of unbranched alkanes of at least 4 members (excludes halogenated alkanes) is 8. The third kappa shape index (κ3) is 5.05. The van der Waals surface area contributed by atoms with Gasteiger partial charge in [0.05, 0.1) is 11.1 Å². The molecule has 0 saturated heterocycles. The zero-order chi connectivity index (χ0) is 16.5. The van der Waals surface area contributed by atoms with Crippen molar-refractivity contribution >= 4 is 18.0 Å². The molecular formula is C20H26O3. The van der Waals surface area contributed by atoms with E-state index in [1.807, 2.05) is 12.1 Å². The highest BCUT2D eigenvalue weighted by Crippen LogP contribution is 2.24. The molecule has 0 bridgehead atoms. The molecule has 0 saturated carbocycles. The first-order valence-corrected chi connectivity index (χ1v) is 8.80. The summed E-state index contributed by atoms with van der Waals surface area (Å²) in [5.41, 5.74) is 1.56. The lowest BCUT2D eigenvalue weighted by Gasteiger charge is -2.00. The van der Waals surface area contributed by atoms with E-state index < -0.39 is 11.9 Å². The molecule has 0 amide bonds. The second-order valence-electron chi connectivity index (χ2n) is 6.11. The minimum atomic E-state index is -0.539. The predicted molar refractivity (Wildman–Crippen MR) is 92.4 cm³/mol. The summed E-state index contributed by atoms with van der Waals surface area (Å²) in [6.45, 7) is 2.24. The van der Waals surface area contributed by atoms with Crippen molar-refractivity contribution in [2.75, 3.05) is 0 Å². The summed E-state index contributed by atoms with van der Waals surface area (Å²) in [7, 11) is 0. The molecule has 3 heteroatoms. The Kier molecular flexibility index (Phi) is 7.05. The largest absolute Gasteiger partial charge is 0.386 e. The highest BCUT2D eigenvalue weighted by atomic mass is 16.6. The number of carbonyl (C=O) groups excluding carboxylic acids is 2. The highest BCUT2D eigenvalue weighted by Gasteiger charge is 2.31. The lowest BCUT2D eigenvalue weighted by molar-refractivity contribution is 0.0443. The van der Waals surface area contributed by atoms with Gasteiger partial charge >= 0.3 is 11.9 Å². The molecule has 124 valence electrons. The van der Waals surface area contributed by atoms with Crippen LogP contribution in [-0.4, -0.2) is 11.9 Å². The van der Waals surface area contributed by atoms with Gasteiger partial charge in [-0.2, -0.15) is 0 Å². The molecule has 0 aromatic heterocycles. The van der Waals surface area contributed by atoms with Gasteiger partial charge in [0, 0.05) is 0 Å². The van der Waals surface area contributed by atoms with Gasteiger partial charge in [-0.15, -0.1) is 0 Å². The molecule has 2 rings (SSSR count). The maximum absolute atomic E-state index is 11.7. The zero-order valence-electron chi connectivity index (χ0n) is 14.0. The highest BCUT2D eigenvalue weighted by molar-refractivity contribution is 6.16. The first-order valence-electron chi connectivity index (χ1n) is 8.80. The minimum absolute atomic E-state index is 0.379. The van der Waals surface area contributed by atoms with E-state index in [4.69, 9.17) is 0 Å². The summed E-state index contributed by atoms with van der Waals surface area (Å²) < 4.78 is 4.66. The van der Waals surface area contributed by atoms with Gasteiger partial charge in [-0.05, 0) is 24.5 Å². The van der Waals surface area contributed by atoms with Crippen LogP contribution >= 0.6 is 0 Å². The standard InChI is InChI=1S/C20H26O3/c1-2-3-4-5-6-7-8-9-10-11-13-16-14-12-15-17-18(16)20(22)23-19(17)21/h11-15H,2-10H2,1H3. The lowest BCUT2D eigenvalue weighted by atomic mass is 10.0. The number of rotatable bonds is 10. The maximum atomic E-state index is 11.7. The molecule has 0 atom stereocenters. The monoisotopic (exact) mass is 314 g/mol. The topological polar surface area (TPSA) is 43.4 Å². The maximum Gasteiger partial charge on any atom is 0.347 e. The van der Waals surface area contributed by atoms with E-state index in [9.17, 15) is 9.59 Å². The Morgan fingerprint density at radius 3 is 2.35 bits per heavy atom. The smallest absolute Gasteiger partial charge is 0.347 e. The molecule has 1 aliphatic rings. The van der Waals surface area contributed by atoms with E-state index >= 15 is 0 Å². The van der Waals surface area contributed by atoms with Crippen LogP contribution in [0.1, 0.15) is 91.0 Å². The normalized spacial score (nSPS) is 13.6. The van der Waals surface area contributed by atoms with Gasteiger partial charge in [0.2, 0.25) is 0 Å².